The van der Waals surface area contributed by atoms with Crippen LogP contribution < -0.4 is 17.0 Å². The molecule has 0 aromatic carbocycles. The van der Waals surface area contributed by atoms with E-state index in [-0.39, 0.29) is 6.10 Å². The Hall–Kier alpha value is -1.40. The third-order valence-electron chi connectivity index (χ3n) is 2.84. The van der Waals surface area contributed by atoms with Crippen molar-refractivity contribution in [3.05, 3.63) is 32.6 Å². The average molecular weight is 225 g/mol. The molecule has 3 N–H and O–H groups in total. The van der Waals surface area contributed by atoms with E-state index in [1.807, 2.05) is 6.92 Å². The van der Waals surface area contributed by atoms with Crippen molar-refractivity contribution in [3.8, 4) is 0 Å². The number of nitrogens with one attached hydrogen (secondary N) is 1. The zero-order chi connectivity index (χ0) is 11.9. The summed E-state index contributed by atoms with van der Waals surface area (Å²) >= 11 is 0. The lowest BCUT2D eigenvalue weighted by atomic mass is 10.2. The van der Waals surface area contributed by atoms with Gasteiger partial charge in [0.2, 0.25) is 5.85 Å². The molecule has 0 bridgehead atoms. The lowest BCUT2D eigenvalue weighted by Crippen LogP contribution is -2.50. The van der Waals surface area contributed by atoms with E-state index in [9.17, 15) is 9.59 Å². The molecule has 0 unspecified atom stereocenters. The number of rotatable bonds is 1. The number of nitrogens with zero attached hydrogens (tertiary/aromatic N) is 1. The third kappa shape index (κ3) is 1.70. The molecule has 1 aliphatic rings. The first-order valence-electron chi connectivity index (χ1n) is 5.22. The van der Waals surface area contributed by atoms with Gasteiger partial charge in [0.05, 0.1) is 6.10 Å². The van der Waals surface area contributed by atoms with E-state index in [2.05, 4.69) is 4.98 Å². The van der Waals surface area contributed by atoms with Crippen LogP contribution in [0.2, 0.25) is 0 Å². The Balaban J connectivity index is 2.53. The summed E-state index contributed by atoms with van der Waals surface area (Å²) in [6.45, 7) is 3.52. The second-order valence-electron chi connectivity index (χ2n) is 4.25. The van der Waals surface area contributed by atoms with Gasteiger partial charge in [-0.2, -0.15) is 0 Å². The molecular formula is C10H15N3O3. The Morgan fingerprint density at radius 3 is 2.88 bits per heavy atom. The van der Waals surface area contributed by atoms with Crippen molar-refractivity contribution in [2.45, 2.75) is 38.6 Å². The Kier molecular flexibility index (Phi) is 2.47. The van der Waals surface area contributed by atoms with Crippen LogP contribution in [0.25, 0.3) is 0 Å². The second kappa shape index (κ2) is 3.57. The van der Waals surface area contributed by atoms with Crippen molar-refractivity contribution in [1.82, 2.24) is 9.55 Å². The van der Waals surface area contributed by atoms with E-state index in [1.54, 1.807) is 6.92 Å². The van der Waals surface area contributed by atoms with Crippen LogP contribution in [0.5, 0.6) is 0 Å². The summed E-state index contributed by atoms with van der Waals surface area (Å²) < 4.78 is 6.79. The number of H-pyrrole nitrogens is 1. The average Bonchev–Trinajstić information content (AvgIpc) is 2.53. The smallest absolute Gasteiger partial charge is 0.331 e. The molecule has 0 amide bonds. The minimum absolute atomic E-state index is 0.0177. The Morgan fingerprint density at radius 2 is 2.31 bits per heavy atom. The first-order chi connectivity index (χ1) is 7.42. The number of hydrogen-bond acceptors (Lipinski definition) is 4. The molecule has 0 radical (unpaired) electrons. The molecule has 2 rings (SSSR count). The molecule has 0 saturated carbocycles. The quantitative estimate of drug-likeness (QED) is 0.681. The zero-order valence-corrected chi connectivity index (χ0v) is 9.32. The van der Waals surface area contributed by atoms with Crippen molar-refractivity contribution >= 4 is 0 Å². The van der Waals surface area contributed by atoms with Gasteiger partial charge in [-0.15, -0.1) is 0 Å². The van der Waals surface area contributed by atoms with E-state index in [4.69, 9.17) is 10.5 Å². The minimum Gasteiger partial charge on any atom is -0.339 e. The van der Waals surface area contributed by atoms with E-state index in [0.29, 0.717) is 12.0 Å². The summed E-state index contributed by atoms with van der Waals surface area (Å²) in [7, 11) is 0. The Morgan fingerprint density at radius 1 is 1.62 bits per heavy atom. The van der Waals surface area contributed by atoms with Crippen LogP contribution in [-0.2, 0) is 10.6 Å². The van der Waals surface area contributed by atoms with Gasteiger partial charge in [0.15, 0.2) is 0 Å². The molecule has 6 heteroatoms. The molecule has 0 aliphatic carbocycles. The fraction of sp³-hybridized carbons (Fsp3) is 0.600. The molecule has 1 aromatic heterocycles. The molecule has 88 valence electrons. The maximum atomic E-state index is 11.6. The molecule has 2 heterocycles. The fourth-order valence-electron chi connectivity index (χ4n) is 1.90. The first kappa shape index (κ1) is 11.1. The molecule has 2 atom stereocenters. The van der Waals surface area contributed by atoms with Gasteiger partial charge in [0, 0.05) is 18.2 Å². The molecule has 16 heavy (non-hydrogen) atoms. The molecule has 1 aliphatic heterocycles. The van der Waals surface area contributed by atoms with Gasteiger partial charge in [0.25, 0.3) is 5.56 Å². The zero-order valence-electron chi connectivity index (χ0n) is 9.32. The summed E-state index contributed by atoms with van der Waals surface area (Å²) in [5.41, 5.74) is 5.52. The monoisotopic (exact) mass is 225 g/mol. The largest absolute Gasteiger partial charge is 0.339 e. The molecule has 1 saturated heterocycles. The summed E-state index contributed by atoms with van der Waals surface area (Å²) in [6, 6.07) is 0. The summed E-state index contributed by atoms with van der Waals surface area (Å²) in [5, 5.41) is 0. The summed E-state index contributed by atoms with van der Waals surface area (Å²) in [5.74, 6) is -1.13. The number of aryl methyl sites for hydroxylation is 1. The highest BCUT2D eigenvalue weighted by Crippen LogP contribution is 2.28. The third-order valence-corrected chi connectivity index (χ3v) is 2.84. The van der Waals surface area contributed by atoms with Crippen LogP contribution in [0.3, 0.4) is 0 Å². The van der Waals surface area contributed by atoms with Gasteiger partial charge in [-0.3, -0.25) is 20.1 Å². The summed E-state index contributed by atoms with van der Waals surface area (Å²) in [4.78, 5) is 25.1. The van der Waals surface area contributed by atoms with Gasteiger partial charge in [-0.25, -0.2) is 4.79 Å². The second-order valence-corrected chi connectivity index (χ2v) is 4.25. The van der Waals surface area contributed by atoms with Gasteiger partial charge in [-0.05, 0) is 20.3 Å². The number of aromatic amines is 1. The highest BCUT2D eigenvalue weighted by molar-refractivity contribution is 5.02. The standard InChI is InChI=1S/C10H15N3O3/c1-6-5-13(9(15)12-8(6)14)10(11)4-3-7(2)16-10/h5,7H,3-4,11H2,1-2H3,(H,12,14,15)/t7-,10+/m1/s1. The van der Waals surface area contributed by atoms with Gasteiger partial charge < -0.3 is 4.74 Å². The van der Waals surface area contributed by atoms with E-state index in [0.717, 1.165) is 6.42 Å². The van der Waals surface area contributed by atoms with Gasteiger partial charge in [0.1, 0.15) is 0 Å². The van der Waals surface area contributed by atoms with Crippen molar-refractivity contribution in [3.63, 3.8) is 0 Å². The number of hydrogen-bond donors (Lipinski definition) is 2. The van der Waals surface area contributed by atoms with Crippen LogP contribution in [0.1, 0.15) is 25.3 Å². The number of nitrogens with two attached hydrogens (primary N) is 1. The lowest BCUT2D eigenvalue weighted by Gasteiger charge is -2.26. The van der Waals surface area contributed by atoms with Crippen molar-refractivity contribution in [1.29, 1.82) is 0 Å². The molecule has 1 fully saturated rings. The van der Waals surface area contributed by atoms with Crippen molar-refractivity contribution in [2.75, 3.05) is 0 Å². The van der Waals surface area contributed by atoms with E-state index in [1.165, 1.54) is 10.8 Å². The van der Waals surface area contributed by atoms with Crippen molar-refractivity contribution in [2.24, 2.45) is 5.73 Å². The van der Waals surface area contributed by atoms with Crippen molar-refractivity contribution < 1.29 is 4.74 Å². The normalized spacial score (nSPS) is 29.6. The molecule has 1 aromatic rings. The Bertz CT molecular complexity index is 519. The maximum Gasteiger partial charge on any atom is 0.331 e. The topological polar surface area (TPSA) is 90.1 Å². The van der Waals surface area contributed by atoms with E-state index < -0.39 is 17.1 Å². The predicted octanol–water partition coefficient (Wildman–Crippen LogP) is -0.387. The number of ether oxygens (including phenoxy) is 1. The van der Waals surface area contributed by atoms with Crippen LogP contribution >= 0.6 is 0 Å². The fourth-order valence-corrected chi connectivity index (χ4v) is 1.90. The summed E-state index contributed by atoms with van der Waals surface area (Å²) in [6.07, 6.45) is 2.81. The molecular weight excluding hydrogens is 210 g/mol. The predicted molar refractivity (Wildman–Crippen MR) is 58.0 cm³/mol. The first-order valence-corrected chi connectivity index (χ1v) is 5.22. The van der Waals surface area contributed by atoms with Gasteiger partial charge >= 0.3 is 5.69 Å². The Labute approximate surface area is 92.0 Å². The lowest BCUT2D eigenvalue weighted by molar-refractivity contribution is -0.0916. The van der Waals surface area contributed by atoms with Gasteiger partial charge in [-0.1, -0.05) is 0 Å². The maximum absolute atomic E-state index is 11.6. The highest BCUT2D eigenvalue weighted by Gasteiger charge is 2.37. The molecule has 0 spiro atoms. The highest BCUT2D eigenvalue weighted by atomic mass is 16.5. The number of aromatic nitrogens is 2. The SMILES string of the molecule is Cc1cn([C@@]2(N)CC[C@@H](C)O2)c(=O)[nH]c1=O. The van der Waals surface area contributed by atoms with E-state index >= 15 is 0 Å². The van der Waals surface area contributed by atoms with Crippen LogP contribution in [-0.4, -0.2) is 15.7 Å². The van der Waals surface area contributed by atoms with Crippen LogP contribution in [0.4, 0.5) is 0 Å². The minimum atomic E-state index is -1.13. The molecule has 6 nitrogen and oxygen atoms in total. The van der Waals surface area contributed by atoms with Crippen LogP contribution in [0, 0.1) is 6.92 Å². The van der Waals surface area contributed by atoms with Crippen LogP contribution in [0.15, 0.2) is 15.8 Å².